The minimum absolute atomic E-state index is 0.159. The van der Waals surface area contributed by atoms with E-state index in [4.69, 9.17) is 0 Å². The predicted octanol–water partition coefficient (Wildman–Crippen LogP) is 14.4. The van der Waals surface area contributed by atoms with E-state index < -0.39 is 0 Å². The summed E-state index contributed by atoms with van der Waals surface area (Å²) in [5, 5.41) is 0. The molecule has 0 N–H and O–H groups in total. The molecule has 0 spiro atoms. The Balaban J connectivity index is 1.06. The van der Waals surface area contributed by atoms with Crippen molar-refractivity contribution in [1.29, 1.82) is 0 Å². The fourth-order valence-corrected chi connectivity index (χ4v) is 7.98. The molecule has 0 unspecified atom stereocenters. The number of benzene rings is 8. The summed E-state index contributed by atoms with van der Waals surface area (Å²) >= 11 is 0. The number of hydrogen-bond acceptors (Lipinski definition) is 1. The number of fused-ring (bicyclic) bond motifs is 3. The van der Waals surface area contributed by atoms with Gasteiger partial charge in [-0.25, -0.2) is 0 Å². The molecule has 9 rings (SSSR count). The van der Waals surface area contributed by atoms with Crippen molar-refractivity contribution in [3.8, 4) is 55.6 Å². The highest BCUT2D eigenvalue weighted by molar-refractivity contribution is 5.88. The smallest absolute Gasteiger partial charge is 0.0465 e. The second-order valence-corrected chi connectivity index (χ2v) is 14.7. The van der Waals surface area contributed by atoms with Crippen molar-refractivity contribution in [2.24, 2.45) is 0 Å². The average Bonchev–Trinajstić information content (AvgIpc) is 3.44. The lowest BCUT2D eigenvalue weighted by atomic mass is 9.81. The summed E-state index contributed by atoms with van der Waals surface area (Å²) in [5.74, 6) is 0. The Kier molecular flexibility index (Phi) is 8.13. The van der Waals surface area contributed by atoms with Crippen molar-refractivity contribution >= 4 is 17.1 Å². The zero-order chi connectivity index (χ0) is 35.9. The van der Waals surface area contributed by atoms with Crippen LogP contribution in [0.5, 0.6) is 0 Å². The quantitative estimate of drug-likeness (QED) is 0.162. The Morgan fingerprint density at radius 1 is 0.321 bits per heavy atom. The average molecular weight is 680 g/mol. The maximum atomic E-state index is 2.42. The Morgan fingerprint density at radius 3 is 1.28 bits per heavy atom. The van der Waals surface area contributed by atoms with Crippen molar-refractivity contribution in [2.75, 3.05) is 4.90 Å². The van der Waals surface area contributed by atoms with Gasteiger partial charge in [0, 0.05) is 22.5 Å². The van der Waals surface area contributed by atoms with Gasteiger partial charge < -0.3 is 4.90 Å². The Bertz CT molecular complexity index is 2540. The minimum Gasteiger partial charge on any atom is -0.310 e. The van der Waals surface area contributed by atoms with Crippen molar-refractivity contribution in [3.05, 3.63) is 211 Å². The van der Waals surface area contributed by atoms with E-state index in [1.54, 1.807) is 0 Å². The van der Waals surface area contributed by atoms with Crippen LogP contribution in [-0.4, -0.2) is 0 Å². The summed E-state index contributed by atoms with van der Waals surface area (Å²) in [4.78, 5) is 2.39. The lowest BCUT2D eigenvalue weighted by Gasteiger charge is -2.28. The molecule has 8 aromatic rings. The van der Waals surface area contributed by atoms with E-state index in [2.05, 4.69) is 220 Å². The van der Waals surface area contributed by atoms with Gasteiger partial charge in [-0.1, -0.05) is 165 Å². The van der Waals surface area contributed by atoms with Crippen molar-refractivity contribution < 1.29 is 0 Å². The molecule has 0 radical (unpaired) electrons. The van der Waals surface area contributed by atoms with Gasteiger partial charge in [-0.05, 0) is 122 Å². The zero-order valence-corrected chi connectivity index (χ0v) is 30.4. The van der Waals surface area contributed by atoms with E-state index in [1.807, 2.05) is 0 Å². The molecule has 1 aliphatic rings. The zero-order valence-electron chi connectivity index (χ0n) is 30.4. The lowest BCUT2D eigenvalue weighted by molar-refractivity contribution is 0.660. The SMILES string of the molecule is Cc1ccc(N(c2ccc(-c3cccc(-c4ccccc4)c3)cc2)c2ccc3c(c2)C(C)(C)c2cc(-c4ccc(-c5ccccc5)cc4)ccc2-3)cc1. The van der Waals surface area contributed by atoms with Crippen LogP contribution in [0.2, 0.25) is 0 Å². The first-order valence-electron chi connectivity index (χ1n) is 18.5. The second kappa shape index (κ2) is 13.3. The molecule has 53 heavy (non-hydrogen) atoms. The van der Waals surface area contributed by atoms with Gasteiger partial charge in [0.2, 0.25) is 0 Å². The molecule has 0 saturated carbocycles. The highest BCUT2D eigenvalue weighted by Gasteiger charge is 2.36. The molecule has 254 valence electrons. The molecule has 0 bridgehead atoms. The van der Waals surface area contributed by atoms with Crippen LogP contribution in [0.15, 0.2) is 194 Å². The molecule has 0 heterocycles. The summed E-state index contributed by atoms with van der Waals surface area (Å²) in [7, 11) is 0. The number of anilines is 3. The molecular formula is C52H41N. The molecule has 0 saturated heterocycles. The Labute approximate surface area is 313 Å². The van der Waals surface area contributed by atoms with Crippen LogP contribution >= 0.6 is 0 Å². The molecule has 0 fully saturated rings. The third-order valence-electron chi connectivity index (χ3n) is 11.0. The molecule has 1 heteroatoms. The Hall–Kier alpha value is -6.44. The second-order valence-electron chi connectivity index (χ2n) is 14.7. The number of rotatable bonds is 7. The van der Waals surface area contributed by atoms with Crippen LogP contribution in [0, 0.1) is 6.92 Å². The molecule has 0 atom stereocenters. The number of nitrogens with zero attached hydrogens (tertiary/aromatic N) is 1. The molecule has 0 aliphatic heterocycles. The maximum Gasteiger partial charge on any atom is 0.0465 e. The summed E-state index contributed by atoms with van der Waals surface area (Å²) in [6.45, 7) is 6.89. The number of hydrogen-bond donors (Lipinski definition) is 0. The van der Waals surface area contributed by atoms with Gasteiger partial charge in [0.15, 0.2) is 0 Å². The first-order valence-corrected chi connectivity index (χ1v) is 18.5. The minimum atomic E-state index is -0.159. The Morgan fingerprint density at radius 2 is 0.698 bits per heavy atom. The molecule has 0 aromatic heterocycles. The first-order chi connectivity index (χ1) is 25.9. The maximum absolute atomic E-state index is 2.42. The summed E-state index contributed by atoms with van der Waals surface area (Å²) in [5.41, 5.74) is 19.7. The summed E-state index contributed by atoms with van der Waals surface area (Å²) in [6, 6.07) is 70.9. The molecule has 1 aliphatic carbocycles. The van der Waals surface area contributed by atoms with Gasteiger partial charge in [-0.3, -0.25) is 0 Å². The first kappa shape index (κ1) is 32.5. The van der Waals surface area contributed by atoms with Crippen molar-refractivity contribution in [3.63, 3.8) is 0 Å². The molecule has 1 nitrogen and oxygen atoms in total. The molecular weight excluding hydrogens is 639 g/mol. The van der Waals surface area contributed by atoms with Gasteiger partial charge >= 0.3 is 0 Å². The normalized spacial score (nSPS) is 12.6. The lowest BCUT2D eigenvalue weighted by Crippen LogP contribution is -2.16. The van der Waals surface area contributed by atoms with E-state index >= 15 is 0 Å². The van der Waals surface area contributed by atoms with Gasteiger partial charge in [-0.15, -0.1) is 0 Å². The van der Waals surface area contributed by atoms with Crippen LogP contribution in [0.4, 0.5) is 17.1 Å². The van der Waals surface area contributed by atoms with Crippen LogP contribution < -0.4 is 4.90 Å². The van der Waals surface area contributed by atoms with Crippen molar-refractivity contribution in [1.82, 2.24) is 0 Å². The fraction of sp³-hybridized carbons (Fsp3) is 0.0769. The van der Waals surface area contributed by atoms with Crippen molar-refractivity contribution in [2.45, 2.75) is 26.2 Å². The standard InChI is InChI=1S/C52H41N/c1-36-17-26-45(27-18-36)53(46-28-23-41(24-29-46)43-16-10-15-42(33-43)38-13-8-5-9-14-38)47-30-32-49-48-31-25-44(34-50(48)52(2,3)51(49)35-47)40-21-19-39(20-22-40)37-11-6-4-7-12-37/h4-35H,1-3H3. The van der Waals surface area contributed by atoms with Gasteiger partial charge in [-0.2, -0.15) is 0 Å². The van der Waals surface area contributed by atoms with E-state index in [-0.39, 0.29) is 5.41 Å². The van der Waals surface area contributed by atoms with Gasteiger partial charge in [0.25, 0.3) is 0 Å². The predicted molar refractivity (Wildman–Crippen MR) is 225 cm³/mol. The van der Waals surface area contributed by atoms with E-state index in [0.29, 0.717) is 0 Å². The largest absolute Gasteiger partial charge is 0.310 e. The summed E-state index contributed by atoms with van der Waals surface area (Å²) in [6.07, 6.45) is 0. The van der Waals surface area contributed by atoms with Crippen LogP contribution in [0.25, 0.3) is 55.6 Å². The molecule has 0 amide bonds. The van der Waals surface area contributed by atoms with Gasteiger partial charge in [0.1, 0.15) is 0 Å². The van der Waals surface area contributed by atoms with E-state index in [0.717, 1.165) is 17.1 Å². The molecule has 8 aromatic carbocycles. The monoisotopic (exact) mass is 679 g/mol. The van der Waals surface area contributed by atoms with Crippen LogP contribution in [-0.2, 0) is 5.41 Å². The van der Waals surface area contributed by atoms with E-state index in [1.165, 1.54) is 72.3 Å². The fourth-order valence-electron chi connectivity index (χ4n) is 7.98. The van der Waals surface area contributed by atoms with Gasteiger partial charge in [0.05, 0.1) is 0 Å². The highest BCUT2D eigenvalue weighted by Crippen LogP contribution is 2.51. The summed E-state index contributed by atoms with van der Waals surface area (Å²) < 4.78 is 0. The third-order valence-corrected chi connectivity index (χ3v) is 11.0. The third kappa shape index (κ3) is 6.05. The van der Waals surface area contributed by atoms with E-state index in [9.17, 15) is 0 Å². The topological polar surface area (TPSA) is 3.24 Å². The van der Waals surface area contributed by atoms with Crippen LogP contribution in [0.3, 0.4) is 0 Å². The van der Waals surface area contributed by atoms with Crippen LogP contribution in [0.1, 0.15) is 30.5 Å². The highest BCUT2D eigenvalue weighted by atomic mass is 15.1. The number of aryl methyl sites for hydroxylation is 1.